The molecule has 0 bridgehead atoms. The number of thioether (sulfide) groups is 2. The third-order valence-corrected chi connectivity index (χ3v) is 4.53. The standard InChI is InChI=1S/C11H20O4S2/c1-11(2,3)7-16-4-5-17-10(15-8-12)6-9(13)14/h8,10H,4-7H2,1-3H3,(H,13,14). The van der Waals surface area contributed by atoms with E-state index >= 15 is 0 Å². The Morgan fingerprint density at radius 2 is 2.06 bits per heavy atom. The van der Waals surface area contributed by atoms with Gasteiger partial charge in [0.25, 0.3) is 6.47 Å². The van der Waals surface area contributed by atoms with Gasteiger partial charge >= 0.3 is 5.97 Å². The number of carboxylic acid groups (broad SMARTS) is 1. The molecule has 0 fully saturated rings. The van der Waals surface area contributed by atoms with Crippen LogP contribution in [-0.4, -0.2) is 40.2 Å². The van der Waals surface area contributed by atoms with Gasteiger partial charge in [0.15, 0.2) is 5.44 Å². The number of hydrogen-bond acceptors (Lipinski definition) is 5. The van der Waals surface area contributed by atoms with Crippen molar-refractivity contribution in [1.82, 2.24) is 0 Å². The van der Waals surface area contributed by atoms with Gasteiger partial charge in [0.05, 0.1) is 6.42 Å². The summed E-state index contributed by atoms with van der Waals surface area (Å²) in [6.45, 7) is 6.84. The molecule has 6 heteroatoms. The van der Waals surface area contributed by atoms with Crippen LogP contribution in [0.4, 0.5) is 0 Å². The summed E-state index contributed by atoms with van der Waals surface area (Å²) in [4.78, 5) is 20.7. The Kier molecular flexibility index (Phi) is 8.51. The smallest absolute Gasteiger partial charge is 0.308 e. The van der Waals surface area contributed by atoms with E-state index < -0.39 is 11.4 Å². The highest BCUT2D eigenvalue weighted by Gasteiger charge is 2.15. The summed E-state index contributed by atoms with van der Waals surface area (Å²) in [6.07, 6.45) is -0.145. The number of carbonyl (C=O) groups is 2. The zero-order valence-corrected chi connectivity index (χ0v) is 12.1. The molecule has 100 valence electrons. The molecule has 0 spiro atoms. The van der Waals surface area contributed by atoms with Crippen molar-refractivity contribution in [2.45, 2.75) is 32.6 Å². The molecule has 0 heterocycles. The molecule has 4 nitrogen and oxygen atoms in total. The third-order valence-electron chi connectivity index (χ3n) is 1.62. The molecule has 0 saturated heterocycles. The number of carboxylic acids is 1. The Labute approximate surface area is 111 Å². The van der Waals surface area contributed by atoms with Crippen LogP contribution < -0.4 is 0 Å². The first kappa shape index (κ1) is 16.6. The average Bonchev–Trinajstić information content (AvgIpc) is 2.14. The maximum atomic E-state index is 10.5. The van der Waals surface area contributed by atoms with Crippen molar-refractivity contribution in [3.05, 3.63) is 0 Å². The van der Waals surface area contributed by atoms with E-state index in [0.29, 0.717) is 11.9 Å². The molecule has 0 radical (unpaired) electrons. The van der Waals surface area contributed by atoms with Gasteiger partial charge in [0.2, 0.25) is 0 Å². The number of hydrogen-bond donors (Lipinski definition) is 1. The van der Waals surface area contributed by atoms with Gasteiger partial charge in [-0.1, -0.05) is 20.8 Å². The fourth-order valence-corrected chi connectivity index (χ4v) is 3.23. The summed E-state index contributed by atoms with van der Waals surface area (Å²) in [6, 6.07) is 0. The predicted octanol–water partition coefficient (Wildman–Crippen LogP) is 2.47. The summed E-state index contributed by atoms with van der Waals surface area (Å²) in [5.41, 5.74) is -0.269. The Bertz CT molecular complexity index is 238. The summed E-state index contributed by atoms with van der Waals surface area (Å²) >= 11 is 3.20. The Balaban J connectivity index is 3.67. The second-order valence-electron chi connectivity index (χ2n) is 4.74. The van der Waals surface area contributed by atoms with Crippen LogP contribution in [0.2, 0.25) is 0 Å². The minimum Gasteiger partial charge on any atom is -0.481 e. The van der Waals surface area contributed by atoms with Crippen molar-refractivity contribution in [2.75, 3.05) is 17.3 Å². The predicted molar refractivity (Wildman–Crippen MR) is 72.4 cm³/mol. The Hall–Kier alpha value is -0.360. The van der Waals surface area contributed by atoms with Crippen LogP contribution in [-0.2, 0) is 14.3 Å². The van der Waals surface area contributed by atoms with Crippen molar-refractivity contribution in [1.29, 1.82) is 0 Å². The first-order valence-corrected chi connectivity index (χ1v) is 7.56. The van der Waals surface area contributed by atoms with Crippen LogP contribution in [0.25, 0.3) is 0 Å². The largest absolute Gasteiger partial charge is 0.481 e. The fourth-order valence-electron chi connectivity index (χ4n) is 0.968. The van der Waals surface area contributed by atoms with Crippen LogP contribution in [0, 0.1) is 5.41 Å². The van der Waals surface area contributed by atoms with Gasteiger partial charge in [-0.3, -0.25) is 9.59 Å². The van der Waals surface area contributed by atoms with Gasteiger partial charge in [0, 0.05) is 11.5 Å². The zero-order valence-electron chi connectivity index (χ0n) is 10.5. The molecule has 0 aromatic heterocycles. The molecule has 0 aliphatic heterocycles. The summed E-state index contributed by atoms with van der Waals surface area (Å²) in [7, 11) is 0. The van der Waals surface area contributed by atoms with Crippen molar-refractivity contribution < 1.29 is 19.4 Å². The number of rotatable bonds is 9. The quantitative estimate of drug-likeness (QED) is 0.398. The molecule has 0 aromatic rings. The lowest BCUT2D eigenvalue weighted by Gasteiger charge is -2.17. The molecule has 1 atom stereocenters. The summed E-state index contributed by atoms with van der Waals surface area (Å²) in [5.74, 6) is 1.82. The van der Waals surface area contributed by atoms with E-state index in [1.165, 1.54) is 11.8 Å². The lowest BCUT2D eigenvalue weighted by molar-refractivity contribution is -0.140. The number of carbonyl (C=O) groups excluding carboxylic acids is 1. The molecule has 17 heavy (non-hydrogen) atoms. The van der Waals surface area contributed by atoms with E-state index in [0.717, 1.165) is 17.3 Å². The number of aliphatic carboxylic acids is 1. The second kappa shape index (κ2) is 8.69. The highest BCUT2D eigenvalue weighted by molar-refractivity contribution is 8.03. The molecule has 0 rings (SSSR count). The lowest BCUT2D eigenvalue weighted by atomic mass is 10.0. The summed E-state index contributed by atoms with van der Waals surface area (Å²) in [5, 5.41) is 8.61. The lowest BCUT2D eigenvalue weighted by Crippen LogP contribution is -2.14. The molecule has 0 amide bonds. The van der Waals surface area contributed by atoms with Gasteiger partial charge in [-0.05, 0) is 11.2 Å². The Morgan fingerprint density at radius 1 is 1.41 bits per heavy atom. The topological polar surface area (TPSA) is 63.6 Å². The van der Waals surface area contributed by atoms with Crippen LogP contribution in [0.3, 0.4) is 0 Å². The maximum absolute atomic E-state index is 10.5. The van der Waals surface area contributed by atoms with Gasteiger partial charge in [-0.2, -0.15) is 11.8 Å². The van der Waals surface area contributed by atoms with Crippen LogP contribution in [0.5, 0.6) is 0 Å². The molecular weight excluding hydrogens is 260 g/mol. The monoisotopic (exact) mass is 280 g/mol. The van der Waals surface area contributed by atoms with Gasteiger partial charge < -0.3 is 9.84 Å². The first-order chi connectivity index (χ1) is 7.85. The zero-order chi connectivity index (χ0) is 13.3. The fraction of sp³-hybridized carbons (Fsp3) is 0.818. The van der Waals surface area contributed by atoms with E-state index in [2.05, 4.69) is 20.8 Å². The molecule has 1 N–H and O–H groups in total. The highest BCUT2D eigenvalue weighted by atomic mass is 32.2. The molecule has 0 saturated carbocycles. The molecule has 1 unspecified atom stereocenters. The summed E-state index contributed by atoms with van der Waals surface area (Å²) < 4.78 is 4.69. The van der Waals surface area contributed by atoms with E-state index in [-0.39, 0.29) is 6.42 Å². The average molecular weight is 280 g/mol. The second-order valence-corrected chi connectivity index (χ2v) is 7.12. The maximum Gasteiger partial charge on any atom is 0.308 e. The van der Waals surface area contributed by atoms with Gasteiger partial charge in [-0.25, -0.2) is 0 Å². The normalized spacial score (nSPS) is 13.1. The molecule has 0 aromatic carbocycles. The molecule has 0 aliphatic rings. The number of ether oxygens (including phenoxy) is 1. The van der Waals surface area contributed by atoms with E-state index in [1.807, 2.05) is 11.8 Å². The SMILES string of the molecule is CC(C)(C)CSCCSC(CC(=O)O)OC=O. The van der Waals surface area contributed by atoms with E-state index in [9.17, 15) is 9.59 Å². The van der Waals surface area contributed by atoms with Gasteiger partial charge in [-0.15, -0.1) is 11.8 Å². The Morgan fingerprint density at radius 3 is 2.53 bits per heavy atom. The van der Waals surface area contributed by atoms with Crippen molar-refractivity contribution in [2.24, 2.45) is 5.41 Å². The van der Waals surface area contributed by atoms with Crippen molar-refractivity contribution >= 4 is 36.0 Å². The molecular formula is C11H20O4S2. The van der Waals surface area contributed by atoms with E-state index in [1.54, 1.807) is 0 Å². The van der Waals surface area contributed by atoms with Crippen LogP contribution >= 0.6 is 23.5 Å². The van der Waals surface area contributed by atoms with Crippen LogP contribution in [0.1, 0.15) is 27.2 Å². The minimum absolute atomic E-state index is 0.145. The third kappa shape index (κ3) is 11.9. The first-order valence-electron chi connectivity index (χ1n) is 5.35. The van der Waals surface area contributed by atoms with E-state index in [4.69, 9.17) is 9.84 Å². The molecule has 0 aliphatic carbocycles. The minimum atomic E-state index is -0.952. The van der Waals surface area contributed by atoms with Crippen molar-refractivity contribution in [3.63, 3.8) is 0 Å². The van der Waals surface area contributed by atoms with Gasteiger partial charge in [0.1, 0.15) is 0 Å². The highest BCUT2D eigenvalue weighted by Crippen LogP contribution is 2.22. The van der Waals surface area contributed by atoms with Crippen molar-refractivity contribution in [3.8, 4) is 0 Å². The van der Waals surface area contributed by atoms with Crippen LogP contribution in [0.15, 0.2) is 0 Å².